The van der Waals surface area contributed by atoms with E-state index in [1.807, 2.05) is 26.0 Å². The third-order valence-corrected chi connectivity index (χ3v) is 5.61. The van der Waals surface area contributed by atoms with Gasteiger partial charge in [-0.25, -0.2) is 0 Å². The summed E-state index contributed by atoms with van der Waals surface area (Å²) in [5.41, 5.74) is 0. The monoisotopic (exact) mass is 292 g/mol. The molecule has 1 rings (SSSR count). The minimum absolute atomic E-state index is 0.0885. The Morgan fingerprint density at radius 1 is 1.21 bits per heavy atom. The fourth-order valence-electron chi connectivity index (χ4n) is 2.35. The lowest BCUT2D eigenvalue weighted by molar-refractivity contribution is 0.230. The van der Waals surface area contributed by atoms with Crippen LogP contribution in [0.3, 0.4) is 0 Å². The number of nitrogens with one attached hydrogen (secondary N) is 1. The van der Waals surface area contributed by atoms with Crippen LogP contribution in [0.4, 0.5) is 0 Å². The van der Waals surface area contributed by atoms with E-state index in [1.54, 1.807) is 11.4 Å². The van der Waals surface area contributed by atoms with Crippen molar-refractivity contribution in [1.82, 2.24) is 18.8 Å². The summed E-state index contributed by atoms with van der Waals surface area (Å²) in [6.45, 7) is 2.63. The van der Waals surface area contributed by atoms with Gasteiger partial charge < -0.3 is 10.2 Å². The average Bonchev–Trinajstić information content (AvgIpc) is 2.36. The van der Waals surface area contributed by atoms with Gasteiger partial charge in [0.2, 0.25) is 0 Å². The molecule has 1 unspecified atom stereocenters. The van der Waals surface area contributed by atoms with E-state index in [0.717, 1.165) is 32.4 Å². The highest BCUT2D eigenvalue weighted by molar-refractivity contribution is 7.86. The first-order chi connectivity index (χ1) is 8.89. The number of likely N-dealkylation sites (N-methyl/N-ethyl adjacent to an activating group) is 3. The summed E-state index contributed by atoms with van der Waals surface area (Å²) in [5.74, 6) is 0. The predicted molar refractivity (Wildman–Crippen MR) is 78.4 cm³/mol. The van der Waals surface area contributed by atoms with E-state index in [0.29, 0.717) is 13.1 Å². The molecule has 0 aromatic rings. The normalized spacial score (nSPS) is 22.3. The molecule has 6 nitrogen and oxygen atoms in total. The molecule has 1 atom stereocenters. The van der Waals surface area contributed by atoms with Gasteiger partial charge in [-0.3, -0.25) is 0 Å². The summed E-state index contributed by atoms with van der Waals surface area (Å²) in [4.78, 5) is 1.99. The van der Waals surface area contributed by atoms with Crippen molar-refractivity contribution in [2.45, 2.75) is 25.3 Å². The molecule has 1 N–H and O–H groups in total. The van der Waals surface area contributed by atoms with Crippen molar-refractivity contribution in [3.05, 3.63) is 0 Å². The van der Waals surface area contributed by atoms with Crippen molar-refractivity contribution >= 4 is 10.2 Å². The third-order valence-electron chi connectivity index (χ3n) is 3.57. The van der Waals surface area contributed by atoms with Gasteiger partial charge in [-0.05, 0) is 34.0 Å². The van der Waals surface area contributed by atoms with Crippen LogP contribution in [0.15, 0.2) is 0 Å². The van der Waals surface area contributed by atoms with Crippen molar-refractivity contribution < 1.29 is 8.42 Å². The minimum Gasteiger partial charge on any atom is -0.318 e. The van der Waals surface area contributed by atoms with Crippen LogP contribution in [-0.2, 0) is 10.2 Å². The summed E-state index contributed by atoms with van der Waals surface area (Å²) in [6, 6.07) is 0.0885. The van der Waals surface area contributed by atoms with E-state index in [-0.39, 0.29) is 6.04 Å². The molecular formula is C12H28N4O2S. The van der Waals surface area contributed by atoms with E-state index >= 15 is 0 Å². The molecule has 7 heteroatoms. The fourth-order valence-corrected chi connectivity index (χ4v) is 3.94. The molecule has 0 aromatic carbocycles. The zero-order chi connectivity index (χ0) is 14.5. The zero-order valence-electron chi connectivity index (χ0n) is 12.6. The minimum atomic E-state index is -3.33. The quantitative estimate of drug-likeness (QED) is 0.706. The van der Waals surface area contributed by atoms with Gasteiger partial charge in [-0.1, -0.05) is 6.42 Å². The summed E-state index contributed by atoms with van der Waals surface area (Å²) in [6.07, 6.45) is 3.02. The molecule has 0 aromatic heterocycles. The second kappa shape index (κ2) is 7.54. The SMILES string of the molecule is CNCC1CCCCN1S(=O)(=O)N(C)CCN(C)C. The second-order valence-corrected chi connectivity index (χ2v) is 7.44. The molecule has 0 radical (unpaired) electrons. The van der Waals surface area contributed by atoms with Crippen molar-refractivity contribution in [1.29, 1.82) is 0 Å². The Labute approximate surface area is 117 Å². The molecule has 114 valence electrons. The number of nitrogens with zero attached hydrogens (tertiary/aromatic N) is 3. The highest BCUT2D eigenvalue weighted by Crippen LogP contribution is 2.21. The van der Waals surface area contributed by atoms with Gasteiger partial charge >= 0.3 is 0 Å². The molecule has 1 aliphatic heterocycles. The molecule has 0 bridgehead atoms. The Balaban J connectivity index is 2.72. The van der Waals surface area contributed by atoms with E-state index in [9.17, 15) is 8.42 Å². The number of piperidine rings is 1. The van der Waals surface area contributed by atoms with Gasteiger partial charge in [0.25, 0.3) is 10.2 Å². The molecule has 1 heterocycles. The van der Waals surface area contributed by atoms with Crippen molar-refractivity contribution in [3.63, 3.8) is 0 Å². The van der Waals surface area contributed by atoms with E-state index < -0.39 is 10.2 Å². The average molecular weight is 292 g/mol. The van der Waals surface area contributed by atoms with Gasteiger partial charge in [-0.2, -0.15) is 17.0 Å². The number of hydrogen-bond donors (Lipinski definition) is 1. The predicted octanol–water partition coefficient (Wildman–Crippen LogP) is -0.201. The lowest BCUT2D eigenvalue weighted by Gasteiger charge is -2.37. The lowest BCUT2D eigenvalue weighted by atomic mass is 10.1. The molecule has 1 aliphatic rings. The molecule has 0 saturated carbocycles. The van der Waals surface area contributed by atoms with E-state index in [4.69, 9.17) is 0 Å². The Bertz CT molecular complexity index is 357. The van der Waals surface area contributed by atoms with Gasteiger partial charge in [0.05, 0.1) is 0 Å². The topological polar surface area (TPSA) is 55.9 Å². The van der Waals surface area contributed by atoms with E-state index in [1.165, 1.54) is 4.31 Å². The Hall–Kier alpha value is -0.210. The van der Waals surface area contributed by atoms with Crippen LogP contribution in [0.25, 0.3) is 0 Å². The fraction of sp³-hybridized carbons (Fsp3) is 1.00. The first-order valence-electron chi connectivity index (χ1n) is 6.92. The van der Waals surface area contributed by atoms with Gasteiger partial charge in [-0.15, -0.1) is 0 Å². The van der Waals surface area contributed by atoms with Crippen LogP contribution in [0.1, 0.15) is 19.3 Å². The summed E-state index contributed by atoms with van der Waals surface area (Å²) < 4.78 is 28.3. The molecule has 19 heavy (non-hydrogen) atoms. The molecular weight excluding hydrogens is 264 g/mol. The van der Waals surface area contributed by atoms with Crippen LogP contribution >= 0.6 is 0 Å². The molecule has 1 fully saturated rings. The molecule has 1 saturated heterocycles. The zero-order valence-corrected chi connectivity index (χ0v) is 13.4. The van der Waals surface area contributed by atoms with Crippen LogP contribution < -0.4 is 5.32 Å². The third kappa shape index (κ3) is 4.68. The summed E-state index contributed by atoms with van der Waals surface area (Å²) in [7, 11) is 4.11. The number of hydrogen-bond acceptors (Lipinski definition) is 4. The maximum absolute atomic E-state index is 12.6. The maximum Gasteiger partial charge on any atom is 0.282 e. The Morgan fingerprint density at radius 3 is 2.47 bits per heavy atom. The first-order valence-corrected chi connectivity index (χ1v) is 8.31. The van der Waals surface area contributed by atoms with Crippen LogP contribution in [0.5, 0.6) is 0 Å². The molecule has 0 spiro atoms. The summed E-state index contributed by atoms with van der Waals surface area (Å²) >= 11 is 0. The molecule has 0 amide bonds. The largest absolute Gasteiger partial charge is 0.318 e. The van der Waals surface area contributed by atoms with Crippen LogP contribution in [-0.4, -0.2) is 82.3 Å². The highest BCUT2D eigenvalue weighted by atomic mass is 32.2. The second-order valence-electron chi connectivity index (χ2n) is 5.45. The Kier molecular flexibility index (Phi) is 6.68. The van der Waals surface area contributed by atoms with E-state index in [2.05, 4.69) is 5.32 Å². The van der Waals surface area contributed by atoms with Crippen LogP contribution in [0, 0.1) is 0 Å². The highest BCUT2D eigenvalue weighted by Gasteiger charge is 2.34. The first kappa shape index (κ1) is 16.8. The van der Waals surface area contributed by atoms with Crippen molar-refractivity contribution in [3.8, 4) is 0 Å². The van der Waals surface area contributed by atoms with Crippen molar-refractivity contribution in [2.75, 3.05) is 54.4 Å². The van der Waals surface area contributed by atoms with Crippen LogP contribution in [0.2, 0.25) is 0 Å². The van der Waals surface area contributed by atoms with Crippen molar-refractivity contribution in [2.24, 2.45) is 0 Å². The number of rotatable bonds is 7. The molecule has 0 aliphatic carbocycles. The van der Waals surface area contributed by atoms with Gasteiger partial charge in [0.1, 0.15) is 0 Å². The standard InChI is InChI=1S/C12H28N4O2S/c1-13-11-12-7-5-6-8-16(12)19(17,18)15(4)10-9-14(2)3/h12-13H,5-11H2,1-4H3. The summed E-state index contributed by atoms with van der Waals surface area (Å²) in [5, 5.41) is 3.10. The van der Waals surface area contributed by atoms with Gasteiger partial charge in [0.15, 0.2) is 0 Å². The Morgan fingerprint density at radius 2 is 1.89 bits per heavy atom. The smallest absolute Gasteiger partial charge is 0.282 e. The lowest BCUT2D eigenvalue weighted by Crippen LogP contribution is -2.53. The van der Waals surface area contributed by atoms with Gasteiger partial charge in [0, 0.05) is 39.3 Å². The maximum atomic E-state index is 12.6.